The summed E-state index contributed by atoms with van der Waals surface area (Å²) in [6.45, 7) is 4.11. The van der Waals surface area contributed by atoms with E-state index < -0.39 is 22.0 Å². The maximum Gasteiger partial charge on any atom is 0.338 e. The monoisotopic (exact) mass is 390 g/mol. The Balaban J connectivity index is 1.96. The summed E-state index contributed by atoms with van der Waals surface area (Å²) in [6, 6.07) is 11.3. The molecule has 0 aliphatic carbocycles. The number of esters is 1. The second kappa shape index (κ2) is 9.18. The highest BCUT2D eigenvalue weighted by Gasteiger charge is 2.17. The van der Waals surface area contributed by atoms with Gasteiger partial charge in [-0.2, -0.15) is 0 Å². The zero-order valence-corrected chi connectivity index (χ0v) is 16.0. The van der Waals surface area contributed by atoms with E-state index in [0.717, 1.165) is 18.4 Å². The van der Waals surface area contributed by atoms with Gasteiger partial charge in [0.25, 0.3) is 10.0 Å². The number of rotatable bonds is 7. The first kappa shape index (κ1) is 20.4. The SMILES string of the molecule is CCCCOC(=O)c1ccc(NC(=O)NS(=O)(=O)c2cccc(C)c2)cc1. The number of aryl methyl sites for hydroxylation is 1. The van der Waals surface area contributed by atoms with Crippen LogP contribution in [0.1, 0.15) is 35.7 Å². The molecular weight excluding hydrogens is 368 g/mol. The Bertz CT molecular complexity index is 908. The first-order valence-electron chi connectivity index (χ1n) is 8.49. The molecule has 0 aromatic heterocycles. The number of urea groups is 1. The number of unbranched alkanes of at least 4 members (excludes halogenated alkanes) is 1. The number of anilines is 1. The zero-order valence-electron chi connectivity index (χ0n) is 15.2. The molecule has 144 valence electrons. The van der Waals surface area contributed by atoms with E-state index in [1.807, 2.05) is 11.6 Å². The quantitative estimate of drug-likeness (QED) is 0.557. The van der Waals surface area contributed by atoms with Crippen LogP contribution in [0.2, 0.25) is 0 Å². The highest BCUT2D eigenvalue weighted by atomic mass is 32.2. The Morgan fingerprint density at radius 1 is 1.07 bits per heavy atom. The summed E-state index contributed by atoms with van der Waals surface area (Å²) in [4.78, 5) is 23.8. The van der Waals surface area contributed by atoms with E-state index in [4.69, 9.17) is 4.74 Å². The van der Waals surface area contributed by atoms with Crippen molar-refractivity contribution in [3.63, 3.8) is 0 Å². The van der Waals surface area contributed by atoms with Crippen LogP contribution < -0.4 is 10.0 Å². The van der Waals surface area contributed by atoms with Crippen molar-refractivity contribution in [3.05, 3.63) is 59.7 Å². The number of hydrogen-bond acceptors (Lipinski definition) is 5. The Morgan fingerprint density at radius 3 is 2.41 bits per heavy atom. The second-order valence-electron chi connectivity index (χ2n) is 5.94. The van der Waals surface area contributed by atoms with Gasteiger partial charge >= 0.3 is 12.0 Å². The molecule has 2 amide bonds. The molecule has 2 aromatic rings. The fourth-order valence-electron chi connectivity index (χ4n) is 2.20. The number of nitrogens with one attached hydrogen (secondary N) is 2. The van der Waals surface area contributed by atoms with Crippen molar-refractivity contribution in [1.29, 1.82) is 0 Å². The molecule has 2 rings (SSSR count). The van der Waals surface area contributed by atoms with E-state index in [-0.39, 0.29) is 4.90 Å². The van der Waals surface area contributed by atoms with Gasteiger partial charge in [-0.1, -0.05) is 25.5 Å². The lowest BCUT2D eigenvalue weighted by Gasteiger charge is -2.10. The summed E-state index contributed by atoms with van der Waals surface area (Å²) >= 11 is 0. The number of benzene rings is 2. The molecule has 0 unspecified atom stereocenters. The van der Waals surface area contributed by atoms with E-state index in [2.05, 4.69) is 5.32 Å². The third-order valence-electron chi connectivity index (χ3n) is 3.64. The number of hydrogen-bond donors (Lipinski definition) is 2. The third-order valence-corrected chi connectivity index (χ3v) is 4.97. The van der Waals surface area contributed by atoms with Crippen LogP contribution in [0.5, 0.6) is 0 Å². The molecule has 2 N–H and O–H groups in total. The second-order valence-corrected chi connectivity index (χ2v) is 7.63. The number of ether oxygens (including phenoxy) is 1. The predicted octanol–water partition coefficient (Wildman–Crippen LogP) is 3.46. The van der Waals surface area contributed by atoms with Crippen molar-refractivity contribution in [3.8, 4) is 0 Å². The van der Waals surface area contributed by atoms with Crippen LogP contribution in [-0.4, -0.2) is 27.0 Å². The predicted molar refractivity (Wildman–Crippen MR) is 102 cm³/mol. The largest absolute Gasteiger partial charge is 0.462 e. The van der Waals surface area contributed by atoms with Gasteiger partial charge in [-0.25, -0.2) is 22.7 Å². The van der Waals surface area contributed by atoms with Crippen molar-refractivity contribution < 1.29 is 22.7 Å². The Labute approximate surface area is 158 Å². The van der Waals surface area contributed by atoms with Crippen molar-refractivity contribution in [2.45, 2.75) is 31.6 Å². The number of sulfonamides is 1. The molecule has 0 atom stereocenters. The molecule has 0 heterocycles. The van der Waals surface area contributed by atoms with Gasteiger partial charge < -0.3 is 10.1 Å². The third kappa shape index (κ3) is 6.10. The fraction of sp³-hybridized carbons (Fsp3) is 0.263. The Kier molecular flexibility index (Phi) is 6.95. The normalized spacial score (nSPS) is 10.9. The molecule has 0 radical (unpaired) electrons. The van der Waals surface area contributed by atoms with Crippen molar-refractivity contribution in [1.82, 2.24) is 4.72 Å². The van der Waals surface area contributed by atoms with Gasteiger partial charge in [-0.15, -0.1) is 0 Å². The Hall–Kier alpha value is -2.87. The fourth-order valence-corrected chi connectivity index (χ4v) is 3.21. The lowest BCUT2D eigenvalue weighted by Crippen LogP contribution is -2.34. The van der Waals surface area contributed by atoms with E-state index in [0.29, 0.717) is 17.9 Å². The molecule has 0 spiro atoms. The van der Waals surface area contributed by atoms with E-state index in [9.17, 15) is 18.0 Å². The molecule has 0 saturated carbocycles. The lowest BCUT2D eigenvalue weighted by atomic mass is 10.2. The minimum atomic E-state index is -3.97. The zero-order chi connectivity index (χ0) is 19.9. The summed E-state index contributed by atoms with van der Waals surface area (Å²) in [5.41, 5.74) is 1.46. The summed E-state index contributed by atoms with van der Waals surface area (Å²) in [7, 11) is -3.97. The van der Waals surface area contributed by atoms with Crippen LogP contribution in [0.25, 0.3) is 0 Å². The summed E-state index contributed by atoms with van der Waals surface area (Å²) in [5, 5.41) is 2.42. The van der Waals surface area contributed by atoms with Crippen LogP contribution in [-0.2, 0) is 14.8 Å². The average molecular weight is 390 g/mol. The van der Waals surface area contributed by atoms with Crippen LogP contribution >= 0.6 is 0 Å². The Morgan fingerprint density at radius 2 is 1.78 bits per heavy atom. The topological polar surface area (TPSA) is 102 Å². The van der Waals surface area contributed by atoms with Gasteiger partial charge in [0.2, 0.25) is 0 Å². The number of carbonyl (C=O) groups is 2. The van der Waals surface area contributed by atoms with Gasteiger partial charge in [0.05, 0.1) is 17.1 Å². The molecule has 2 aromatic carbocycles. The lowest BCUT2D eigenvalue weighted by molar-refractivity contribution is 0.0499. The molecule has 0 aliphatic heterocycles. The first-order chi connectivity index (χ1) is 12.8. The van der Waals surface area contributed by atoms with Crippen molar-refractivity contribution in [2.75, 3.05) is 11.9 Å². The minimum absolute atomic E-state index is 0.00261. The summed E-state index contributed by atoms with van der Waals surface area (Å²) < 4.78 is 31.5. The molecule has 7 nitrogen and oxygen atoms in total. The van der Waals surface area contributed by atoms with Gasteiger partial charge in [-0.3, -0.25) is 0 Å². The molecule has 8 heteroatoms. The molecule has 27 heavy (non-hydrogen) atoms. The van der Waals surface area contributed by atoms with Gasteiger partial charge in [-0.05, 0) is 55.3 Å². The molecule has 0 aliphatic rings. The molecule has 0 saturated heterocycles. The van der Waals surface area contributed by atoms with Crippen LogP contribution in [0, 0.1) is 6.92 Å². The maximum absolute atomic E-state index is 12.2. The summed E-state index contributed by atoms with van der Waals surface area (Å²) in [6.07, 6.45) is 1.72. The minimum Gasteiger partial charge on any atom is -0.462 e. The maximum atomic E-state index is 12.2. The molecule has 0 bridgehead atoms. The standard InChI is InChI=1S/C19H22N2O5S/c1-3-4-12-26-18(22)15-8-10-16(11-9-15)20-19(23)21-27(24,25)17-7-5-6-14(2)13-17/h5-11,13H,3-4,12H2,1-2H3,(H2,20,21,23). The highest BCUT2D eigenvalue weighted by molar-refractivity contribution is 7.90. The van der Waals surface area contributed by atoms with Crippen LogP contribution in [0.15, 0.2) is 53.4 Å². The smallest absolute Gasteiger partial charge is 0.338 e. The van der Waals surface area contributed by atoms with Crippen molar-refractivity contribution >= 4 is 27.7 Å². The van der Waals surface area contributed by atoms with Gasteiger partial charge in [0, 0.05) is 5.69 Å². The van der Waals surface area contributed by atoms with Gasteiger partial charge in [0.15, 0.2) is 0 Å². The average Bonchev–Trinajstić information content (AvgIpc) is 2.62. The van der Waals surface area contributed by atoms with E-state index >= 15 is 0 Å². The first-order valence-corrected chi connectivity index (χ1v) is 9.98. The van der Waals surface area contributed by atoms with E-state index in [1.165, 1.54) is 36.4 Å². The molecular formula is C19H22N2O5S. The van der Waals surface area contributed by atoms with E-state index in [1.54, 1.807) is 19.1 Å². The van der Waals surface area contributed by atoms with Crippen LogP contribution in [0.3, 0.4) is 0 Å². The van der Waals surface area contributed by atoms with Gasteiger partial charge in [0.1, 0.15) is 0 Å². The van der Waals surface area contributed by atoms with Crippen molar-refractivity contribution in [2.24, 2.45) is 0 Å². The van der Waals surface area contributed by atoms with Crippen LogP contribution in [0.4, 0.5) is 10.5 Å². The molecule has 0 fully saturated rings. The summed E-state index contributed by atoms with van der Waals surface area (Å²) in [5.74, 6) is -0.443. The highest BCUT2D eigenvalue weighted by Crippen LogP contribution is 2.13. The number of amides is 2. The number of carbonyl (C=O) groups excluding carboxylic acids is 2.